The molecule has 0 amide bonds. The minimum atomic E-state index is 0.589. The van der Waals surface area contributed by atoms with Crippen LogP contribution in [0.4, 0.5) is 0 Å². The minimum Gasteiger partial charge on any atom is -0.236 e. The molecule has 0 aliphatic rings. The SMILES string of the molecule is Cn1nnnc1-c1cc(-c2cccc(Cl)c2)ncn1. The number of halogens is 1. The van der Waals surface area contributed by atoms with Crippen molar-refractivity contribution >= 4 is 11.6 Å². The molecule has 0 atom stereocenters. The van der Waals surface area contributed by atoms with Gasteiger partial charge in [0.25, 0.3) is 0 Å². The van der Waals surface area contributed by atoms with Crippen LogP contribution in [0, 0.1) is 0 Å². The molecule has 3 rings (SSSR count). The third kappa shape index (κ3) is 2.30. The molecule has 6 nitrogen and oxygen atoms in total. The Kier molecular flexibility index (Phi) is 2.92. The van der Waals surface area contributed by atoms with E-state index in [0.717, 1.165) is 11.3 Å². The van der Waals surface area contributed by atoms with Gasteiger partial charge in [0.15, 0.2) is 0 Å². The van der Waals surface area contributed by atoms with Gasteiger partial charge in [-0.3, -0.25) is 0 Å². The van der Waals surface area contributed by atoms with Gasteiger partial charge in [-0.2, -0.15) is 0 Å². The van der Waals surface area contributed by atoms with Crippen LogP contribution >= 0.6 is 11.6 Å². The fourth-order valence-electron chi connectivity index (χ4n) is 1.73. The van der Waals surface area contributed by atoms with Crippen LogP contribution in [0.2, 0.25) is 5.02 Å². The predicted molar refractivity (Wildman–Crippen MR) is 70.3 cm³/mol. The Labute approximate surface area is 114 Å². The Morgan fingerprint density at radius 2 is 1.95 bits per heavy atom. The summed E-state index contributed by atoms with van der Waals surface area (Å²) in [5.74, 6) is 0.589. The van der Waals surface area contributed by atoms with Gasteiger partial charge < -0.3 is 0 Å². The zero-order valence-electron chi connectivity index (χ0n) is 10.0. The minimum absolute atomic E-state index is 0.589. The number of nitrogens with zero attached hydrogens (tertiary/aromatic N) is 6. The molecule has 94 valence electrons. The van der Waals surface area contributed by atoms with E-state index >= 15 is 0 Å². The molecule has 3 aromatic rings. The summed E-state index contributed by atoms with van der Waals surface area (Å²) in [4.78, 5) is 8.43. The van der Waals surface area contributed by atoms with Crippen LogP contribution < -0.4 is 0 Å². The van der Waals surface area contributed by atoms with Crippen molar-refractivity contribution in [1.82, 2.24) is 30.2 Å². The van der Waals surface area contributed by atoms with Gasteiger partial charge in [-0.05, 0) is 28.6 Å². The number of benzene rings is 1. The van der Waals surface area contributed by atoms with Crippen molar-refractivity contribution in [1.29, 1.82) is 0 Å². The maximum atomic E-state index is 5.98. The van der Waals surface area contributed by atoms with Crippen LogP contribution in [0.15, 0.2) is 36.7 Å². The number of hydrogen-bond acceptors (Lipinski definition) is 5. The molecule has 0 bridgehead atoms. The highest BCUT2D eigenvalue weighted by Gasteiger charge is 2.09. The highest BCUT2D eigenvalue weighted by molar-refractivity contribution is 6.30. The predicted octanol–water partition coefficient (Wildman–Crippen LogP) is 1.99. The van der Waals surface area contributed by atoms with E-state index in [2.05, 4.69) is 25.5 Å². The van der Waals surface area contributed by atoms with Crippen LogP contribution in [0.1, 0.15) is 0 Å². The van der Waals surface area contributed by atoms with Crippen LogP contribution in [0.3, 0.4) is 0 Å². The van der Waals surface area contributed by atoms with Crippen LogP contribution in [0.5, 0.6) is 0 Å². The molecule has 0 saturated carbocycles. The fourth-order valence-corrected chi connectivity index (χ4v) is 1.92. The zero-order valence-corrected chi connectivity index (χ0v) is 10.8. The molecule has 0 radical (unpaired) electrons. The standard InChI is InChI=1S/C12H9ClN6/c1-19-12(16-17-18-19)11-6-10(14-7-15-11)8-3-2-4-9(13)5-8/h2-7H,1H3. The van der Waals surface area contributed by atoms with Gasteiger partial charge >= 0.3 is 0 Å². The van der Waals surface area contributed by atoms with Crippen molar-refractivity contribution < 1.29 is 0 Å². The molecule has 0 fully saturated rings. The highest BCUT2D eigenvalue weighted by Crippen LogP contribution is 2.23. The first kappa shape index (κ1) is 11.7. The van der Waals surface area contributed by atoms with Gasteiger partial charge in [0.2, 0.25) is 5.82 Å². The zero-order chi connectivity index (χ0) is 13.2. The van der Waals surface area contributed by atoms with E-state index in [1.54, 1.807) is 11.7 Å². The third-order valence-electron chi connectivity index (χ3n) is 2.64. The Morgan fingerprint density at radius 1 is 1.11 bits per heavy atom. The van der Waals surface area contributed by atoms with Gasteiger partial charge in [0, 0.05) is 17.6 Å². The Morgan fingerprint density at radius 3 is 2.68 bits per heavy atom. The summed E-state index contributed by atoms with van der Waals surface area (Å²) in [6.45, 7) is 0. The molecule has 0 N–H and O–H groups in total. The Bertz CT molecular complexity index is 723. The average molecular weight is 273 g/mol. The van der Waals surface area contributed by atoms with Gasteiger partial charge in [-0.25, -0.2) is 14.6 Å². The first-order chi connectivity index (χ1) is 9.24. The van der Waals surface area contributed by atoms with Crippen molar-refractivity contribution in [2.24, 2.45) is 7.05 Å². The van der Waals surface area contributed by atoms with Crippen molar-refractivity contribution in [3.8, 4) is 22.8 Å². The normalized spacial score (nSPS) is 10.6. The Hall–Kier alpha value is -2.34. The monoisotopic (exact) mass is 272 g/mol. The van der Waals surface area contributed by atoms with Crippen LogP contribution in [-0.2, 0) is 7.05 Å². The molecule has 19 heavy (non-hydrogen) atoms. The molecule has 0 spiro atoms. The van der Waals surface area contributed by atoms with E-state index in [1.165, 1.54) is 6.33 Å². The number of aryl methyl sites for hydroxylation is 1. The molecule has 2 aromatic heterocycles. The van der Waals surface area contributed by atoms with Crippen molar-refractivity contribution in [2.75, 3.05) is 0 Å². The maximum Gasteiger partial charge on any atom is 0.200 e. The summed E-state index contributed by atoms with van der Waals surface area (Å²) < 4.78 is 1.56. The van der Waals surface area contributed by atoms with E-state index in [1.807, 2.05) is 30.3 Å². The summed E-state index contributed by atoms with van der Waals surface area (Å²) in [6, 6.07) is 9.32. The summed E-state index contributed by atoms with van der Waals surface area (Å²) >= 11 is 5.98. The first-order valence-corrected chi connectivity index (χ1v) is 5.92. The van der Waals surface area contributed by atoms with Gasteiger partial charge in [-0.1, -0.05) is 23.7 Å². The smallest absolute Gasteiger partial charge is 0.200 e. The fraction of sp³-hybridized carbons (Fsp3) is 0.0833. The average Bonchev–Trinajstić information content (AvgIpc) is 2.85. The molecule has 7 heteroatoms. The summed E-state index contributed by atoms with van der Waals surface area (Å²) in [7, 11) is 1.76. The van der Waals surface area contributed by atoms with Gasteiger partial charge in [0.1, 0.15) is 12.0 Å². The summed E-state index contributed by atoms with van der Waals surface area (Å²) in [5.41, 5.74) is 2.36. The van der Waals surface area contributed by atoms with Crippen molar-refractivity contribution in [3.63, 3.8) is 0 Å². The lowest BCUT2D eigenvalue weighted by molar-refractivity contribution is 0.713. The molecular formula is C12H9ClN6. The molecule has 0 unspecified atom stereocenters. The topological polar surface area (TPSA) is 69.4 Å². The van der Waals surface area contributed by atoms with Gasteiger partial charge in [0.05, 0.1) is 5.69 Å². The lowest BCUT2D eigenvalue weighted by Crippen LogP contribution is -1.97. The lowest BCUT2D eigenvalue weighted by atomic mass is 10.1. The summed E-state index contributed by atoms with van der Waals surface area (Å²) in [5, 5.41) is 12.0. The number of tetrazole rings is 1. The van der Waals surface area contributed by atoms with E-state index in [-0.39, 0.29) is 0 Å². The third-order valence-corrected chi connectivity index (χ3v) is 2.87. The Balaban J connectivity index is 2.08. The van der Waals surface area contributed by atoms with Gasteiger partial charge in [-0.15, -0.1) is 5.10 Å². The lowest BCUT2D eigenvalue weighted by Gasteiger charge is -2.03. The maximum absolute atomic E-state index is 5.98. The molecule has 0 aliphatic carbocycles. The second-order valence-electron chi connectivity index (χ2n) is 3.92. The van der Waals surface area contributed by atoms with E-state index in [0.29, 0.717) is 16.5 Å². The number of hydrogen-bond donors (Lipinski definition) is 0. The first-order valence-electron chi connectivity index (χ1n) is 5.55. The van der Waals surface area contributed by atoms with Crippen molar-refractivity contribution in [3.05, 3.63) is 41.7 Å². The largest absolute Gasteiger partial charge is 0.236 e. The quantitative estimate of drug-likeness (QED) is 0.713. The molecular weight excluding hydrogens is 264 g/mol. The molecule has 1 aromatic carbocycles. The summed E-state index contributed by atoms with van der Waals surface area (Å²) in [6.07, 6.45) is 1.49. The molecule has 0 aliphatic heterocycles. The second kappa shape index (κ2) is 4.74. The van der Waals surface area contributed by atoms with E-state index < -0.39 is 0 Å². The number of rotatable bonds is 2. The van der Waals surface area contributed by atoms with E-state index in [9.17, 15) is 0 Å². The molecule has 2 heterocycles. The number of aromatic nitrogens is 6. The second-order valence-corrected chi connectivity index (χ2v) is 4.36. The van der Waals surface area contributed by atoms with Crippen molar-refractivity contribution in [2.45, 2.75) is 0 Å². The highest BCUT2D eigenvalue weighted by atomic mass is 35.5. The van der Waals surface area contributed by atoms with E-state index in [4.69, 9.17) is 11.6 Å². The molecule has 0 saturated heterocycles. The van der Waals surface area contributed by atoms with Crippen LogP contribution in [0.25, 0.3) is 22.8 Å². The van der Waals surface area contributed by atoms with Crippen LogP contribution in [-0.4, -0.2) is 30.2 Å².